The van der Waals surface area contributed by atoms with Crippen molar-refractivity contribution >= 4 is 17.4 Å². The van der Waals surface area contributed by atoms with E-state index in [1.54, 1.807) is 29.2 Å². The van der Waals surface area contributed by atoms with Gasteiger partial charge in [-0.25, -0.2) is 9.18 Å². The van der Waals surface area contributed by atoms with E-state index in [0.717, 1.165) is 16.8 Å². The van der Waals surface area contributed by atoms with Gasteiger partial charge in [-0.15, -0.1) is 5.73 Å². The molecule has 0 N–H and O–H groups in total. The number of benzene rings is 1. The molecule has 0 unspecified atom stereocenters. The minimum Gasteiger partial charge on any atom is -0.447 e. The maximum absolute atomic E-state index is 15.3. The molecule has 1 aliphatic carbocycles. The average Bonchev–Trinajstić information content (AvgIpc) is 3.16. The Labute approximate surface area is 255 Å². The number of hydrogen-bond acceptors (Lipinski definition) is 5. The highest BCUT2D eigenvalue weighted by atomic mass is 19.1. The van der Waals surface area contributed by atoms with Crippen molar-refractivity contribution in [1.29, 1.82) is 5.26 Å². The number of hydrogen-bond donors (Lipinski definition) is 0. The van der Waals surface area contributed by atoms with Crippen LogP contribution in [0.15, 0.2) is 112 Å². The van der Waals surface area contributed by atoms with E-state index in [0.29, 0.717) is 59.6 Å². The summed E-state index contributed by atoms with van der Waals surface area (Å²) in [6.45, 7) is 21.3. The van der Waals surface area contributed by atoms with Crippen LogP contribution in [0.25, 0.3) is 5.57 Å². The Morgan fingerprint density at radius 1 is 1.30 bits per heavy atom. The van der Waals surface area contributed by atoms with Gasteiger partial charge in [0.05, 0.1) is 23.5 Å². The molecule has 1 heterocycles. The van der Waals surface area contributed by atoms with Crippen LogP contribution in [-0.4, -0.2) is 53.4 Å². The number of carbonyl (C=O) groups is 1. The van der Waals surface area contributed by atoms with Gasteiger partial charge in [-0.1, -0.05) is 43.5 Å². The number of piperazine rings is 1. The quantitative estimate of drug-likeness (QED) is 0.168. The smallest absolute Gasteiger partial charge is 0.410 e. The maximum atomic E-state index is 15.3. The maximum Gasteiger partial charge on any atom is 0.410 e. The number of carbonyl (C=O) groups excluding carboxylic acids is 1. The fraction of sp³-hybridized carbons (Fsp3) is 0.333. The largest absolute Gasteiger partial charge is 0.447 e. The van der Waals surface area contributed by atoms with Crippen LogP contribution in [0, 0.1) is 17.1 Å². The van der Waals surface area contributed by atoms with Gasteiger partial charge in [0.25, 0.3) is 0 Å². The molecule has 0 radical (unpaired) electrons. The number of rotatable bonds is 9. The number of allylic oxidation sites excluding steroid dienone is 10. The molecular weight excluding hydrogens is 539 g/mol. The predicted octanol–water partition coefficient (Wildman–Crippen LogP) is 8.08. The van der Waals surface area contributed by atoms with Crippen molar-refractivity contribution in [2.45, 2.75) is 60.1 Å². The molecular formula is C36H41FN4O2. The van der Waals surface area contributed by atoms with Crippen LogP contribution in [0.2, 0.25) is 0 Å². The Morgan fingerprint density at radius 3 is 2.63 bits per heavy atom. The third-order valence-electron chi connectivity index (χ3n) is 7.31. The highest BCUT2D eigenvalue weighted by Gasteiger charge is 2.31. The zero-order valence-electron chi connectivity index (χ0n) is 26.1. The van der Waals surface area contributed by atoms with E-state index in [2.05, 4.69) is 36.8 Å². The van der Waals surface area contributed by atoms with Crippen molar-refractivity contribution in [2.75, 3.05) is 19.6 Å². The molecule has 0 aromatic heterocycles. The molecule has 0 spiro atoms. The molecule has 3 rings (SSSR count). The summed E-state index contributed by atoms with van der Waals surface area (Å²) < 4.78 is 20.7. The number of amides is 1. The van der Waals surface area contributed by atoms with Crippen LogP contribution in [0.3, 0.4) is 0 Å². The van der Waals surface area contributed by atoms with Crippen LogP contribution in [-0.2, 0) is 4.74 Å². The second-order valence-electron chi connectivity index (χ2n) is 10.9. The number of nitrogens with zero attached hydrogens (tertiary/aromatic N) is 4. The predicted molar refractivity (Wildman–Crippen MR) is 173 cm³/mol. The number of halogens is 1. The van der Waals surface area contributed by atoms with E-state index in [-0.39, 0.29) is 24.1 Å². The van der Waals surface area contributed by atoms with Gasteiger partial charge in [0.1, 0.15) is 5.82 Å². The molecule has 0 saturated carbocycles. The molecule has 1 atom stereocenters. The van der Waals surface area contributed by atoms with Crippen molar-refractivity contribution in [2.24, 2.45) is 4.99 Å². The first-order valence-corrected chi connectivity index (χ1v) is 14.5. The molecule has 7 heteroatoms. The van der Waals surface area contributed by atoms with Gasteiger partial charge in [0.2, 0.25) is 0 Å². The van der Waals surface area contributed by atoms with Crippen LogP contribution < -0.4 is 0 Å². The molecule has 0 bridgehead atoms. The average molecular weight is 581 g/mol. The Morgan fingerprint density at radius 2 is 2.02 bits per heavy atom. The minimum atomic E-state index is -0.343. The summed E-state index contributed by atoms with van der Waals surface area (Å²) in [4.78, 5) is 21.3. The lowest BCUT2D eigenvalue weighted by atomic mass is 9.87. The normalized spacial score (nSPS) is 18.2. The van der Waals surface area contributed by atoms with Gasteiger partial charge in [-0.3, -0.25) is 4.99 Å². The first kappa shape index (κ1) is 32.8. The molecule has 6 nitrogen and oxygen atoms in total. The Balaban J connectivity index is 2.13. The fourth-order valence-corrected chi connectivity index (χ4v) is 5.29. The molecule has 43 heavy (non-hydrogen) atoms. The van der Waals surface area contributed by atoms with Crippen LogP contribution in [0.4, 0.5) is 9.18 Å². The Bertz CT molecular complexity index is 1540. The fourth-order valence-electron chi connectivity index (χ4n) is 5.29. The van der Waals surface area contributed by atoms with E-state index in [9.17, 15) is 10.1 Å². The zero-order valence-corrected chi connectivity index (χ0v) is 26.1. The van der Waals surface area contributed by atoms with Gasteiger partial charge >= 0.3 is 6.09 Å². The summed E-state index contributed by atoms with van der Waals surface area (Å²) in [7, 11) is 0. The molecule has 1 aliphatic heterocycles. The third kappa shape index (κ3) is 8.22. The summed E-state index contributed by atoms with van der Waals surface area (Å²) in [6.07, 6.45) is 8.53. The third-order valence-corrected chi connectivity index (χ3v) is 7.31. The Hall–Kier alpha value is -4.66. The van der Waals surface area contributed by atoms with E-state index in [1.807, 2.05) is 52.8 Å². The van der Waals surface area contributed by atoms with Gasteiger partial charge in [-0.05, 0) is 76.5 Å². The van der Waals surface area contributed by atoms with Gasteiger partial charge < -0.3 is 14.5 Å². The van der Waals surface area contributed by atoms with E-state index >= 15 is 4.39 Å². The summed E-state index contributed by atoms with van der Waals surface area (Å²) in [5, 5.41) is 9.58. The first-order valence-electron chi connectivity index (χ1n) is 14.5. The summed E-state index contributed by atoms with van der Waals surface area (Å²) in [6, 6.07) is 8.84. The molecule has 1 aromatic rings. The van der Waals surface area contributed by atoms with Crippen molar-refractivity contribution in [3.8, 4) is 6.07 Å². The zero-order chi connectivity index (χ0) is 31.7. The molecule has 224 valence electrons. The van der Waals surface area contributed by atoms with Gasteiger partial charge in [-0.2, -0.15) is 5.26 Å². The molecule has 1 aromatic carbocycles. The summed E-state index contributed by atoms with van der Waals surface area (Å²) in [5.41, 5.74) is 9.56. The minimum absolute atomic E-state index is 0.0438. The lowest BCUT2D eigenvalue weighted by molar-refractivity contribution is 0.0496. The monoisotopic (exact) mass is 580 g/mol. The first-order chi connectivity index (χ1) is 20.5. The van der Waals surface area contributed by atoms with Crippen LogP contribution in [0.1, 0.15) is 53.5 Å². The van der Waals surface area contributed by atoms with Crippen LogP contribution in [0.5, 0.6) is 0 Å². The van der Waals surface area contributed by atoms with E-state index < -0.39 is 0 Å². The van der Waals surface area contributed by atoms with Crippen molar-refractivity contribution in [3.05, 3.63) is 119 Å². The molecule has 2 aliphatic rings. The topological polar surface area (TPSA) is 68.9 Å². The summed E-state index contributed by atoms with van der Waals surface area (Å²) in [5.74, 6) is -0.343. The second-order valence-corrected chi connectivity index (χ2v) is 10.9. The van der Waals surface area contributed by atoms with Crippen molar-refractivity contribution in [1.82, 2.24) is 9.80 Å². The lowest BCUT2D eigenvalue weighted by Gasteiger charge is -2.42. The number of aliphatic imine (C=N–C) groups is 1. The SMILES string of the molecule is C=CN=C(CC(=C)C1=C=C(C)C=CC(C#N)=C1)C(/C(=C\C)c1ccccc1F)=C(\C)N1CCN(C(=O)OC(C)C)C[C@@H]1C. The Kier molecular flexibility index (Phi) is 11.5. The number of nitriles is 1. The van der Waals surface area contributed by atoms with Crippen molar-refractivity contribution in [3.63, 3.8) is 0 Å². The van der Waals surface area contributed by atoms with Crippen molar-refractivity contribution < 1.29 is 13.9 Å². The molecule has 1 amide bonds. The van der Waals surface area contributed by atoms with Crippen LogP contribution >= 0.6 is 0 Å². The highest BCUT2D eigenvalue weighted by molar-refractivity contribution is 6.15. The summed E-state index contributed by atoms with van der Waals surface area (Å²) >= 11 is 0. The number of ether oxygens (including phenoxy) is 1. The van der Waals surface area contributed by atoms with Gasteiger partial charge in [0.15, 0.2) is 0 Å². The van der Waals surface area contributed by atoms with E-state index in [4.69, 9.17) is 9.73 Å². The standard InChI is InChI=1S/C36H41FN4O2/c1-9-31(32-13-11-12-14-33(32)37)35(28(8)41-18-17-40(23-27(41)7)36(42)43-24(3)4)34(39-10-2)20-26(6)30-19-25(5)15-16-29(21-30)22-38/h9-16,21,24,27H,2,6,17-18,20,23H2,1,3-5,7-8H3/b31-9-,35-28+,39-34?/t27-/m0/s1. The lowest BCUT2D eigenvalue weighted by Crippen LogP contribution is -2.53. The van der Waals surface area contributed by atoms with Gasteiger partial charge in [0, 0.05) is 60.7 Å². The van der Waals surface area contributed by atoms with E-state index in [1.165, 1.54) is 12.3 Å². The molecule has 1 saturated heterocycles. The molecule has 1 fully saturated rings. The highest BCUT2D eigenvalue weighted by Crippen LogP contribution is 2.34. The second kappa shape index (κ2) is 15.0.